The van der Waals surface area contributed by atoms with Gasteiger partial charge in [-0.1, -0.05) is 0 Å². The second-order valence-corrected chi connectivity index (χ2v) is 2.45. The molecule has 0 spiro atoms. The highest BCUT2D eigenvalue weighted by molar-refractivity contribution is 5.24. The van der Waals surface area contributed by atoms with Crippen molar-refractivity contribution in [3.8, 4) is 5.82 Å². The Balaban J connectivity index is 2.48. The molecule has 0 radical (unpaired) electrons. The van der Waals surface area contributed by atoms with E-state index in [0.29, 0.717) is 0 Å². The summed E-state index contributed by atoms with van der Waals surface area (Å²) in [6.07, 6.45) is 3.24. The standard InChI is InChI=1S/C7H7N5/c1-6-2-3-8-7(4-6)12-5-9-10-11-12/h2-5H,1H3. The summed E-state index contributed by atoms with van der Waals surface area (Å²) < 4.78 is 1.52. The lowest BCUT2D eigenvalue weighted by atomic mass is 10.3. The molecule has 0 aliphatic rings. The minimum Gasteiger partial charge on any atom is -0.237 e. The summed E-state index contributed by atoms with van der Waals surface area (Å²) in [6.45, 7) is 2.00. The Morgan fingerprint density at radius 2 is 2.33 bits per heavy atom. The quantitative estimate of drug-likeness (QED) is 0.606. The van der Waals surface area contributed by atoms with Gasteiger partial charge in [0.05, 0.1) is 0 Å². The number of aryl methyl sites for hydroxylation is 1. The lowest BCUT2D eigenvalue weighted by Crippen LogP contribution is -1.98. The Kier molecular flexibility index (Phi) is 1.55. The van der Waals surface area contributed by atoms with Gasteiger partial charge >= 0.3 is 0 Å². The van der Waals surface area contributed by atoms with E-state index in [2.05, 4.69) is 20.5 Å². The highest BCUT2D eigenvalue weighted by Crippen LogP contribution is 2.02. The molecule has 12 heavy (non-hydrogen) atoms. The number of hydrogen-bond acceptors (Lipinski definition) is 4. The van der Waals surface area contributed by atoms with Crippen molar-refractivity contribution in [1.29, 1.82) is 0 Å². The van der Waals surface area contributed by atoms with Gasteiger partial charge in [0.25, 0.3) is 0 Å². The second-order valence-electron chi connectivity index (χ2n) is 2.45. The first-order valence-corrected chi connectivity index (χ1v) is 3.52. The Morgan fingerprint density at radius 1 is 1.42 bits per heavy atom. The average Bonchev–Trinajstić information content (AvgIpc) is 2.56. The zero-order valence-corrected chi connectivity index (χ0v) is 6.55. The monoisotopic (exact) mass is 161 g/mol. The van der Waals surface area contributed by atoms with Crippen LogP contribution in [0.1, 0.15) is 5.56 Å². The van der Waals surface area contributed by atoms with Crippen LogP contribution in [0.4, 0.5) is 0 Å². The molecule has 2 rings (SSSR count). The van der Waals surface area contributed by atoms with Crippen LogP contribution in [0.25, 0.3) is 5.82 Å². The van der Waals surface area contributed by atoms with Crippen molar-refractivity contribution in [2.45, 2.75) is 6.92 Å². The van der Waals surface area contributed by atoms with Gasteiger partial charge in [-0.3, -0.25) is 0 Å². The predicted octanol–water partition coefficient (Wildman–Crippen LogP) is 0.366. The van der Waals surface area contributed by atoms with Crippen molar-refractivity contribution in [3.63, 3.8) is 0 Å². The van der Waals surface area contributed by atoms with Crippen LogP contribution in [0, 0.1) is 6.92 Å². The summed E-state index contributed by atoms with van der Waals surface area (Å²) in [7, 11) is 0. The van der Waals surface area contributed by atoms with E-state index in [0.717, 1.165) is 11.4 Å². The van der Waals surface area contributed by atoms with E-state index in [9.17, 15) is 0 Å². The maximum atomic E-state index is 4.10. The van der Waals surface area contributed by atoms with Crippen LogP contribution in [-0.4, -0.2) is 25.2 Å². The minimum absolute atomic E-state index is 0.736. The molecule has 0 aliphatic heterocycles. The summed E-state index contributed by atoms with van der Waals surface area (Å²) in [5.41, 5.74) is 1.13. The highest BCUT2D eigenvalue weighted by Gasteiger charge is 1.97. The molecule has 2 aromatic heterocycles. The zero-order valence-electron chi connectivity index (χ0n) is 6.55. The molecule has 5 nitrogen and oxygen atoms in total. The number of hydrogen-bond donors (Lipinski definition) is 0. The molecule has 0 saturated carbocycles. The normalized spacial score (nSPS) is 10.1. The van der Waals surface area contributed by atoms with Gasteiger partial charge in [0.1, 0.15) is 6.33 Å². The summed E-state index contributed by atoms with van der Waals surface area (Å²) in [5.74, 6) is 0.736. The highest BCUT2D eigenvalue weighted by atomic mass is 15.5. The molecule has 0 N–H and O–H groups in total. The van der Waals surface area contributed by atoms with Crippen LogP contribution in [0.15, 0.2) is 24.7 Å². The van der Waals surface area contributed by atoms with Gasteiger partial charge in [-0.2, -0.15) is 4.68 Å². The van der Waals surface area contributed by atoms with Crippen molar-refractivity contribution in [3.05, 3.63) is 30.2 Å². The maximum Gasteiger partial charge on any atom is 0.157 e. The largest absolute Gasteiger partial charge is 0.237 e. The molecule has 5 heteroatoms. The molecule has 0 saturated heterocycles. The van der Waals surface area contributed by atoms with Gasteiger partial charge < -0.3 is 0 Å². The molecule has 0 amide bonds. The van der Waals surface area contributed by atoms with Crippen molar-refractivity contribution < 1.29 is 0 Å². The molecule has 2 heterocycles. The van der Waals surface area contributed by atoms with Crippen LogP contribution in [0.3, 0.4) is 0 Å². The van der Waals surface area contributed by atoms with Crippen LogP contribution in [-0.2, 0) is 0 Å². The van der Waals surface area contributed by atoms with E-state index in [1.54, 1.807) is 6.20 Å². The van der Waals surface area contributed by atoms with Crippen LogP contribution < -0.4 is 0 Å². The third-order valence-electron chi connectivity index (χ3n) is 1.48. The maximum absolute atomic E-state index is 4.10. The van der Waals surface area contributed by atoms with Crippen molar-refractivity contribution >= 4 is 0 Å². The first-order chi connectivity index (χ1) is 5.86. The lowest BCUT2D eigenvalue weighted by molar-refractivity contribution is 0.770. The van der Waals surface area contributed by atoms with Gasteiger partial charge in [0, 0.05) is 6.20 Å². The molecule has 2 aromatic rings. The second kappa shape index (κ2) is 2.69. The molecular weight excluding hydrogens is 154 g/mol. The molecule has 0 aromatic carbocycles. The SMILES string of the molecule is Cc1ccnc(-n2cnnn2)c1. The predicted molar refractivity (Wildman–Crippen MR) is 41.7 cm³/mol. The van der Waals surface area contributed by atoms with E-state index in [1.807, 2.05) is 19.1 Å². The fourth-order valence-electron chi connectivity index (χ4n) is 0.912. The Labute approximate surface area is 69.1 Å². The fourth-order valence-corrected chi connectivity index (χ4v) is 0.912. The smallest absolute Gasteiger partial charge is 0.157 e. The number of pyridine rings is 1. The third-order valence-corrected chi connectivity index (χ3v) is 1.48. The first kappa shape index (κ1) is 6.90. The minimum atomic E-state index is 0.736. The average molecular weight is 161 g/mol. The number of rotatable bonds is 1. The molecular formula is C7H7N5. The first-order valence-electron chi connectivity index (χ1n) is 3.52. The molecule has 0 bridgehead atoms. The van der Waals surface area contributed by atoms with Crippen LogP contribution in [0.5, 0.6) is 0 Å². The molecule has 0 fully saturated rings. The lowest BCUT2D eigenvalue weighted by Gasteiger charge is -1.97. The van der Waals surface area contributed by atoms with Crippen molar-refractivity contribution in [1.82, 2.24) is 25.2 Å². The third kappa shape index (κ3) is 1.16. The topological polar surface area (TPSA) is 56.5 Å². The van der Waals surface area contributed by atoms with Crippen molar-refractivity contribution in [2.75, 3.05) is 0 Å². The molecule has 0 aliphatic carbocycles. The van der Waals surface area contributed by atoms with E-state index in [4.69, 9.17) is 0 Å². The van der Waals surface area contributed by atoms with Crippen LogP contribution in [0.2, 0.25) is 0 Å². The van der Waals surface area contributed by atoms with Crippen molar-refractivity contribution in [2.24, 2.45) is 0 Å². The van der Waals surface area contributed by atoms with E-state index in [1.165, 1.54) is 11.0 Å². The molecule has 0 atom stereocenters. The number of tetrazole rings is 1. The van der Waals surface area contributed by atoms with E-state index in [-0.39, 0.29) is 0 Å². The number of nitrogens with zero attached hydrogens (tertiary/aromatic N) is 5. The fraction of sp³-hybridized carbons (Fsp3) is 0.143. The summed E-state index contributed by atoms with van der Waals surface area (Å²) >= 11 is 0. The summed E-state index contributed by atoms with van der Waals surface area (Å²) in [4.78, 5) is 4.10. The summed E-state index contributed by atoms with van der Waals surface area (Å²) in [6, 6.07) is 3.84. The molecule has 60 valence electrons. The molecule has 0 unspecified atom stereocenters. The zero-order chi connectivity index (χ0) is 8.39. The Morgan fingerprint density at radius 3 is 3.00 bits per heavy atom. The number of aromatic nitrogens is 5. The Hall–Kier alpha value is -1.78. The van der Waals surface area contributed by atoms with E-state index >= 15 is 0 Å². The van der Waals surface area contributed by atoms with Gasteiger partial charge in [0.15, 0.2) is 5.82 Å². The van der Waals surface area contributed by atoms with Crippen LogP contribution >= 0.6 is 0 Å². The Bertz CT molecular complexity index is 367. The van der Waals surface area contributed by atoms with Gasteiger partial charge in [-0.05, 0) is 35.0 Å². The van der Waals surface area contributed by atoms with Gasteiger partial charge in [-0.25, -0.2) is 4.98 Å². The van der Waals surface area contributed by atoms with E-state index < -0.39 is 0 Å². The van der Waals surface area contributed by atoms with Gasteiger partial charge in [-0.15, -0.1) is 5.10 Å². The summed E-state index contributed by atoms with van der Waals surface area (Å²) in [5, 5.41) is 10.8. The van der Waals surface area contributed by atoms with Gasteiger partial charge in [0.2, 0.25) is 0 Å².